The Balaban J connectivity index is 2.50. The number of aliphatic carboxylic acids is 1. The number of methoxy groups -OCH3 is 1. The monoisotopic (exact) mass is 379 g/mol. The SMILES string of the molecule is COc1ccc(C(=O)c2c(Br)cc(CC(=O)O)n2C(C)C)cc1. The predicted octanol–water partition coefficient (Wildman–Crippen LogP) is 3.70. The van der Waals surface area contributed by atoms with Crippen molar-refractivity contribution in [3.63, 3.8) is 0 Å². The quantitative estimate of drug-likeness (QED) is 0.776. The molecule has 1 aromatic heterocycles. The van der Waals surface area contributed by atoms with Gasteiger partial charge in [0.25, 0.3) is 0 Å². The molecule has 1 aromatic carbocycles. The molecule has 122 valence electrons. The van der Waals surface area contributed by atoms with E-state index >= 15 is 0 Å². The van der Waals surface area contributed by atoms with Gasteiger partial charge in [-0.1, -0.05) is 0 Å². The lowest BCUT2D eigenvalue weighted by atomic mass is 10.1. The number of hydrogen-bond acceptors (Lipinski definition) is 3. The predicted molar refractivity (Wildman–Crippen MR) is 90.3 cm³/mol. The molecule has 2 rings (SSSR count). The van der Waals surface area contributed by atoms with Crippen LogP contribution >= 0.6 is 15.9 Å². The first-order valence-electron chi connectivity index (χ1n) is 7.15. The van der Waals surface area contributed by atoms with E-state index in [2.05, 4.69) is 15.9 Å². The number of carboxylic acid groups (broad SMARTS) is 1. The summed E-state index contributed by atoms with van der Waals surface area (Å²) in [6.07, 6.45) is -0.132. The standard InChI is InChI=1S/C17H18BrNO4/c1-10(2)19-12(9-15(20)21)8-14(18)16(19)17(22)11-4-6-13(23-3)7-5-11/h4-8,10H,9H2,1-3H3,(H,20,21). The van der Waals surface area contributed by atoms with Crippen LogP contribution in [-0.4, -0.2) is 28.5 Å². The summed E-state index contributed by atoms with van der Waals surface area (Å²) in [5.41, 5.74) is 1.58. The van der Waals surface area contributed by atoms with Gasteiger partial charge in [-0.3, -0.25) is 9.59 Å². The van der Waals surface area contributed by atoms with Crippen molar-refractivity contribution in [3.05, 3.63) is 51.8 Å². The summed E-state index contributed by atoms with van der Waals surface area (Å²) in [5.74, 6) is -0.420. The van der Waals surface area contributed by atoms with Crippen molar-refractivity contribution in [3.8, 4) is 5.75 Å². The Morgan fingerprint density at radius 3 is 2.35 bits per heavy atom. The minimum atomic E-state index is -0.930. The Morgan fingerprint density at radius 1 is 1.26 bits per heavy atom. The Hall–Kier alpha value is -2.08. The second kappa shape index (κ2) is 7.00. The summed E-state index contributed by atoms with van der Waals surface area (Å²) in [7, 11) is 1.56. The van der Waals surface area contributed by atoms with E-state index < -0.39 is 5.97 Å². The van der Waals surface area contributed by atoms with Gasteiger partial charge in [0.1, 0.15) is 11.4 Å². The van der Waals surface area contributed by atoms with Crippen molar-refractivity contribution < 1.29 is 19.4 Å². The fourth-order valence-corrected chi connectivity index (χ4v) is 3.16. The number of carbonyl (C=O) groups excluding carboxylic acids is 1. The number of rotatable bonds is 6. The van der Waals surface area contributed by atoms with Crippen LogP contribution in [0.4, 0.5) is 0 Å². The zero-order chi connectivity index (χ0) is 17.1. The van der Waals surface area contributed by atoms with Crippen LogP contribution in [0.3, 0.4) is 0 Å². The lowest BCUT2D eigenvalue weighted by Gasteiger charge is -2.16. The van der Waals surface area contributed by atoms with Crippen molar-refractivity contribution in [2.75, 3.05) is 7.11 Å². The Labute approximate surface area is 143 Å². The van der Waals surface area contributed by atoms with Gasteiger partial charge in [-0.05, 0) is 60.1 Å². The maximum Gasteiger partial charge on any atom is 0.309 e. The average molecular weight is 380 g/mol. The van der Waals surface area contributed by atoms with E-state index in [4.69, 9.17) is 9.84 Å². The zero-order valence-electron chi connectivity index (χ0n) is 13.2. The topological polar surface area (TPSA) is 68.5 Å². The maximum atomic E-state index is 12.9. The molecule has 0 fully saturated rings. The molecule has 0 aliphatic rings. The van der Waals surface area contributed by atoms with Crippen molar-refractivity contribution in [2.45, 2.75) is 26.3 Å². The van der Waals surface area contributed by atoms with E-state index in [1.54, 1.807) is 42.0 Å². The molecule has 1 heterocycles. The van der Waals surface area contributed by atoms with E-state index in [9.17, 15) is 9.59 Å². The minimum Gasteiger partial charge on any atom is -0.497 e. The molecular formula is C17H18BrNO4. The molecule has 5 nitrogen and oxygen atoms in total. The van der Waals surface area contributed by atoms with E-state index in [0.29, 0.717) is 27.2 Å². The molecule has 0 amide bonds. The normalized spacial score (nSPS) is 10.8. The number of aromatic nitrogens is 1. The molecule has 0 radical (unpaired) electrons. The third-order valence-electron chi connectivity index (χ3n) is 3.49. The number of ketones is 1. The zero-order valence-corrected chi connectivity index (χ0v) is 14.8. The largest absolute Gasteiger partial charge is 0.497 e. The molecule has 0 saturated heterocycles. The molecule has 6 heteroatoms. The van der Waals surface area contributed by atoms with Gasteiger partial charge < -0.3 is 14.4 Å². The van der Waals surface area contributed by atoms with Crippen LogP contribution in [0.15, 0.2) is 34.8 Å². The number of ether oxygens (including phenoxy) is 1. The third kappa shape index (κ3) is 3.64. The molecule has 0 saturated carbocycles. The highest BCUT2D eigenvalue weighted by molar-refractivity contribution is 9.10. The van der Waals surface area contributed by atoms with Gasteiger partial charge in [-0.15, -0.1) is 0 Å². The second-order valence-corrected chi connectivity index (χ2v) is 6.28. The molecule has 0 aliphatic carbocycles. The van der Waals surface area contributed by atoms with Crippen LogP contribution in [0.2, 0.25) is 0 Å². The van der Waals surface area contributed by atoms with Crippen LogP contribution in [0, 0.1) is 0 Å². The molecule has 23 heavy (non-hydrogen) atoms. The van der Waals surface area contributed by atoms with Crippen LogP contribution in [0.1, 0.15) is 41.6 Å². The van der Waals surface area contributed by atoms with Gasteiger partial charge >= 0.3 is 5.97 Å². The molecule has 0 atom stereocenters. The first-order valence-corrected chi connectivity index (χ1v) is 7.94. The van der Waals surface area contributed by atoms with E-state index in [1.807, 2.05) is 13.8 Å². The molecule has 0 aliphatic heterocycles. The summed E-state index contributed by atoms with van der Waals surface area (Å²) in [6, 6.07) is 8.51. The molecular weight excluding hydrogens is 362 g/mol. The van der Waals surface area contributed by atoms with Crippen LogP contribution < -0.4 is 4.74 Å². The third-order valence-corrected chi connectivity index (χ3v) is 4.09. The fraction of sp³-hybridized carbons (Fsp3) is 0.294. The Morgan fingerprint density at radius 2 is 1.87 bits per heavy atom. The van der Waals surface area contributed by atoms with Gasteiger partial charge in [-0.25, -0.2) is 0 Å². The molecule has 0 spiro atoms. The smallest absolute Gasteiger partial charge is 0.309 e. The van der Waals surface area contributed by atoms with Crippen LogP contribution in [-0.2, 0) is 11.2 Å². The molecule has 2 aromatic rings. The molecule has 0 unspecified atom stereocenters. The maximum absolute atomic E-state index is 12.9. The molecule has 0 bridgehead atoms. The van der Waals surface area contributed by atoms with Crippen LogP contribution in [0.5, 0.6) is 5.75 Å². The Kier molecular flexibility index (Phi) is 5.26. The van der Waals surface area contributed by atoms with Crippen molar-refractivity contribution in [1.82, 2.24) is 4.57 Å². The number of halogens is 1. The lowest BCUT2D eigenvalue weighted by molar-refractivity contribution is -0.136. The van der Waals surface area contributed by atoms with Crippen LogP contribution in [0.25, 0.3) is 0 Å². The van der Waals surface area contributed by atoms with Crippen molar-refractivity contribution in [2.24, 2.45) is 0 Å². The number of hydrogen-bond donors (Lipinski definition) is 1. The van der Waals surface area contributed by atoms with E-state index in [0.717, 1.165) is 0 Å². The summed E-state index contributed by atoms with van der Waals surface area (Å²) in [5, 5.41) is 9.06. The van der Waals surface area contributed by atoms with Crippen molar-refractivity contribution >= 4 is 27.7 Å². The van der Waals surface area contributed by atoms with Gasteiger partial charge in [-0.2, -0.15) is 0 Å². The first kappa shape index (κ1) is 17.3. The van der Waals surface area contributed by atoms with Gasteiger partial charge in [0.2, 0.25) is 5.78 Å². The first-order chi connectivity index (χ1) is 10.8. The number of carboxylic acids is 1. The van der Waals surface area contributed by atoms with E-state index in [1.165, 1.54) is 0 Å². The lowest BCUT2D eigenvalue weighted by Crippen LogP contribution is -2.16. The molecule has 1 N–H and O–H groups in total. The highest BCUT2D eigenvalue weighted by atomic mass is 79.9. The average Bonchev–Trinajstić information content (AvgIpc) is 2.82. The number of carbonyl (C=O) groups is 2. The summed E-state index contributed by atoms with van der Waals surface area (Å²) >= 11 is 3.39. The Bertz CT molecular complexity index is 732. The number of nitrogens with zero attached hydrogens (tertiary/aromatic N) is 1. The van der Waals surface area contributed by atoms with E-state index in [-0.39, 0.29) is 18.2 Å². The summed E-state index contributed by atoms with van der Waals surface area (Å²) in [6.45, 7) is 3.84. The fourth-order valence-electron chi connectivity index (χ4n) is 2.52. The highest BCUT2D eigenvalue weighted by Gasteiger charge is 2.23. The summed E-state index contributed by atoms with van der Waals surface area (Å²) < 4.78 is 7.47. The second-order valence-electron chi connectivity index (χ2n) is 5.42. The number of benzene rings is 1. The van der Waals surface area contributed by atoms with Gasteiger partial charge in [0.15, 0.2) is 0 Å². The summed E-state index contributed by atoms with van der Waals surface area (Å²) in [4.78, 5) is 23.9. The van der Waals surface area contributed by atoms with Gasteiger partial charge in [0.05, 0.1) is 13.5 Å². The minimum absolute atomic E-state index is 0.0344. The van der Waals surface area contributed by atoms with Gasteiger partial charge in [0, 0.05) is 21.8 Å². The highest BCUT2D eigenvalue weighted by Crippen LogP contribution is 2.29. The van der Waals surface area contributed by atoms with Crippen molar-refractivity contribution in [1.29, 1.82) is 0 Å².